The molecule has 4 nitrogen and oxygen atoms in total. The Hall–Kier alpha value is -2.10. The van der Waals surface area contributed by atoms with Crippen molar-refractivity contribution in [2.24, 2.45) is 5.92 Å². The summed E-state index contributed by atoms with van der Waals surface area (Å²) in [6, 6.07) is 8.28. The Bertz CT molecular complexity index is 601. The maximum absolute atomic E-state index is 12.3. The van der Waals surface area contributed by atoms with Crippen molar-refractivity contribution in [2.45, 2.75) is 33.2 Å². The van der Waals surface area contributed by atoms with Gasteiger partial charge in [0.1, 0.15) is 5.76 Å². The van der Waals surface area contributed by atoms with Crippen molar-refractivity contribution in [1.82, 2.24) is 10.5 Å². The van der Waals surface area contributed by atoms with Crippen molar-refractivity contribution in [2.75, 3.05) is 0 Å². The second kappa shape index (κ2) is 5.12. The first-order chi connectivity index (χ1) is 9.65. The van der Waals surface area contributed by atoms with Crippen molar-refractivity contribution in [3.8, 4) is 0 Å². The molecule has 20 heavy (non-hydrogen) atoms. The van der Waals surface area contributed by atoms with E-state index in [-0.39, 0.29) is 11.8 Å². The highest BCUT2D eigenvalue weighted by atomic mass is 16.5. The maximum atomic E-state index is 12.3. The van der Waals surface area contributed by atoms with E-state index >= 15 is 0 Å². The maximum Gasteiger partial charge on any atom is 0.224 e. The molecule has 4 heteroatoms. The van der Waals surface area contributed by atoms with Gasteiger partial charge >= 0.3 is 0 Å². The minimum absolute atomic E-state index is 0.0490. The van der Waals surface area contributed by atoms with E-state index in [9.17, 15) is 4.79 Å². The van der Waals surface area contributed by atoms with E-state index in [0.29, 0.717) is 6.54 Å². The van der Waals surface area contributed by atoms with E-state index in [1.54, 1.807) is 0 Å². The summed E-state index contributed by atoms with van der Waals surface area (Å²) in [5.41, 5.74) is 4.42. The zero-order chi connectivity index (χ0) is 14.1. The van der Waals surface area contributed by atoms with Crippen molar-refractivity contribution in [3.63, 3.8) is 0 Å². The van der Waals surface area contributed by atoms with Crippen molar-refractivity contribution in [3.05, 3.63) is 52.4 Å². The SMILES string of the molecule is Cc1noc(C)c1CNC(=O)C1Cc2ccccc2C1. The standard InChI is InChI=1S/C16H18N2O2/c1-10-15(11(2)20-18-10)9-17-16(19)14-7-12-5-3-4-6-13(12)8-14/h3-6,14H,7-9H2,1-2H3,(H,17,19). The van der Waals surface area contributed by atoms with Crippen LogP contribution in [0.2, 0.25) is 0 Å². The van der Waals surface area contributed by atoms with Crippen LogP contribution in [0.4, 0.5) is 0 Å². The van der Waals surface area contributed by atoms with Crippen LogP contribution in [-0.2, 0) is 24.2 Å². The molecule has 1 aromatic heterocycles. The third-order valence-electron chi connectivity index (χ3n) is 4.04. The summed E-state index contributed by atoms with van der Waals surface area (Å²) < 4.78 is 5.10. The molecule has 1 amide bonds. The summed E-state index contributed by atoms with van der Waals surface area (Å²) >= 11 is 0. The number of rotatable bonds is 3. The van der Waals surface area contributed by atoms with Crippen LogP contribution in [0.3, 0.4) is 0 Å². The third-order valence-corrected chi connectivity index (χ3v) is 4.04. The average molecular weight is 270 g/mol. The molecule has 0 bridgehead atoms. The van der Waals surface area contributed by atoms with Crippen LogP contribution in [0.25, 0.3) is 0 Å². The molecular weight excluding hydrogens is 252 g/mol. The monoisotopic (exact) mass is 270 g/mol. The molecule has 0 atom stereocenters. The second-order valence-electron chi connectivity index (χ2n) is 5.39. The first-order valence-electron chi connectivity index (χ1n) is 6.91. The number of hydrogen-bond acceptors (Lipinski definition) is 3. The van der Waals surface area contributed by atoms with Gasteiger partial charge in [-0.2, -0.15) is 0 Å². The zero-order valence-electron chi connectivity index (χ0n) is 11.8. The van der Waals surface area contributed by atoms with Gasteiger partial charge in [-0.1, -0.05) is 29.4 Å². The summed E-state index contributed by atoms with van der Waals surface area (Å²) in [5, 5.41) is 6.90. The first-order valence-corrected chi connectivity index (χ1v) is 6.91. The fraction of sp³-hybridized carbons (Fsp3) is 0.375. The molecule has 0 aliphatic heterocycles. The third kappa shape index (κ3) is 2.33. The lowest BCUT2D eigenvalue weighted by atomic mass is 10.1. The molecule has 104 valence electrons. The van der Waals surface area contributed by atoms with Gasteiger partial charge < -0.3 is 9.84 Å². The van der Waals surface area contributed by atoms with E-state index < -0.39 is 0 Å². The molecule has 0 unspecified atom stereocenters. The van der Waals surface area contributed by atoms with Crippen molar-refractivity contribution < 1.29 is 9.32 Å². The molecule has 0 radical (unpaired) electrons. The molecule has 0 fully saturated rings. The minimum atomic E-state index is 0.0490. The zero-order valence-corrected chi connectivity index (χ0v) is 11.8. The number of aryl methyl sites for hydroxylation is 2. The van der Waals surface area contributed by atoms with Crippen molar-refractivity contribution in [1.29, 1.82) is 0 Å². The number of fused-ring (bicyclic) bond motifs is 1. The lowest BCUT2D eigenvalue weighted by molar-refractivity contribution is -0.124. The normalized spacial score (nSPS) is 14.3. The van der Waals surface area contributed by atoms with E-state index in [2.05, 4.69) is 22.6 Å². The van der Waals surface area contributed by atoms with Crippen LogP contribution in [0, 0.1) is 19.8 Å². The Morgan fingerprint density at radius 2 is 1.95 bits per heavy atom. The number of carbonyl (C=O) groups is 1. The van der Waals surface area contributed by atoms with Gasteiger partial charge in [-0.05, 0) is 37.8 Å². The van der Waals surface area contributed by atoms with E-state index in [1.807, 2.05) is 26.0 Å². The molecule has 3 rings (SSSR count). The van der Waals surface area contributed by atoms with Gasteiger partial charge in [-0.15, -0.1) is 0 Å². The fourth-order valence-electron chi connectivity index (χ4n) is 2.82. The molecule has 1 aliphatic rings. The lowest BCUT2D eigenvalue weighted by Crippen LogP contribution is -2.30. The summed E-state index contributed by atoms with van der Waals surface area (Å²) in [6.45, 7) is 4.25. The molecule has 2 aromatic rings. The number of benzene rings is 1. The molecule has 0 spiro atoms. The van der Waals surface area contributed by atoms with E-state index in [0.717, 1.165) is 29.9 Å². The summed E-state index contributed by atoms with van der Waals surface area (Å²) in [5.74, 6) is 0.937. The number of nitrogens with one attached hydrogen (secondary N) is 1. The Balaban J connectivity index is 1.62. The Kier molecular flexibility index (Phi) is 3.30. The number of carbonyl (C=O) groups excluding carboxylic acids is 1. The highest BCUT2D eigenvalue weighted by molar-refractivity contribution is 5.80. The molecule has 1 aliphatic carbocycles. The van der Waals surface area contributed by atoms with Gasteiger partial charge in [0, 0.05) is 18.0 Å². The number of aromatic nitrogens is 1. The summed E-state index contributed by atoms with van der Waals surface area (Å²) in [7, 11) is 0. The number of hydrogen-bond donors (Lipinski definition) is 1. The van der Waals surface area contributed by atoms with E-state index in [4.69, 9.17) is 4.52 Å². The van der Waals surface area contributed by atoms with Gasteiger partial charge in [-0.3, -0.25) is 4.79 Å². The molecule has 0 saturated carbocycles. The summed E-state index contributed by atoms with van der Waals surface area (Å²) in [6.07, 6.45) is 1.67. The fourth-order valence-corrected chi connectivity index (χ4v) is 2.82. The number of amides is 1. The topological polar surface area (TPSA) is 55.1 Å². The average Bonchev–Trinajstić information content (AvgIpc) is 3.01. The quantitative estimate of drug-likeness (QED) is 0.931. The van der Waals surface area contributed by atoms with Gasteiger partial charge in [0.2, 0.25) is 5.91 Å². The Morgan fingerprint density at radius 3 is 2.50 bits per heavy atom. The predicted molar refractivity (Wildman–Crippen MR) is 75.2 cm³/mol. The van der Waals surface area contributed by atoms with Gasteiger partial charge in [0.15, 0.2) is 0 Å². The van der Waals surface area contributed by atoms with Gasteiger partial charge in [0.05, 0.1) is 5.69 Å². The Labute approximate surface area is 118 Å². The molecule has 0 saturated heterocycles. The minimum Gasteiger partial charge on any atom is -0.361 e. The van der Waals surface area contributed by atoms with Crippen LogP contribution >= 0.6 is 0 Å². The van der Waals surface area contributed by atoms with E-state index in [1.165, 1.54) is 11.1 Å². The van der Waals surface area contributed by atoms with Crippen LogP contribution in [0.15, 0.2) is 28.8 Å². The van der Waals surface area contributed by atoms with Crippen LogP contribution in [0.1, 0.15) is 28.1 Å². The summed E-state index contributed by atoms with van der Waals surface area (Å²) in [4.78, 5) is 12.3. The molecule has 1 N–H and O–H groups in total. The first kappa shape index (κ1) is 12.9. The smallest absolute Gasteiger partial charge is 0.224 e. The van der Waals surface area contributed by atoms with Crippen LogP contribution in [0.5, 0.6) is 0 Å². The molecule has 1 aromatic carbocycles. The molecular formula is C16H18N2O2. The van der Waals surface area contributed by atoms with Crippen LogP contribution in [-0.4, -0.2) is 11.1 Å². The van der Waals surface area contributed by atoms with Crippen molar-refractivity contribution >= 4 is 5.91 Å². The highest BCUT2D eigenvalue weighted by Crippen LogP contribution is 2.26. The highest BCUT2D eigenvalue weighted by Gasteiger charge is 2.27. The molecule has 1 heterocycles. The Morgan fingerprint density at radius 1 is 1.30 bits per heavy atom. The second-order valence-corrected chi connectivity index (χ2v) is 5.39. The predicted octanol–water partition coefficient (Wildman–Crippen LogP) is 2.32. The number of nitrogens with zero attached hydrogens (tertiary/aromatic N) is 1. The lowest BCUT2D eigenvalue weighted by Gasteiger charge is -2.10. The van der Waals surface area contributed by atoms with Crippen LogP contribution < -0.4 is 5.32 Å². The largest absolute Gasteiger partial charge is 0.361 e. The van der Waals surface area contributed by atoms with Gasteiger partial charge in [0.25, 0.3) is 0 Å². The van der Waals surface area contributed by atoms with Gasteiger partial charge in [-0.25, -0.2) is 0 Å².